The molecule has 0 unspecified atom stereocenters. The normalized spacial score (nSPS) is 16.1. The second-order valence-electron chi connectivity index (χ2n) is 8.10. The van der Waals surface area contributed by atoms with Crippen LogP contribution in [-0.4, -0.2) is 38.8 Å². The molecule has 8 heteroatoms. The van der Waals surface area contributed by atoms with Crippen LogP contribution in [0.15, 0.2) is 52.7 Å². The minimum atomic E-state index is -3.43. The molecule has 0 bridgehead atoms. The number of ether oxygens (including phenoxy) is 1. The molecule has 1 aliphatic rings. The molecule has 4 rings (SSSR count). The molecule has 1 N–H and O–H groups in total. The van der Waals surface area contributed by atoms with E-state index in [-0.39, 0.29) is 11.8 Å². The summed E-state index contributed by atoms with van der Waals surface area (Å²) >= 11 is 1.23. The maximum Gasteiger partial charge on any atom is 0.252 e. The van der Waals surface area contributed by atoms with Crippen LogP contribution in [0.1, 0.15) is 42.5 Å². The van der Waals surface area contributed by atoms with Gasteiger partial charge < -0.3 is 10.1 Å². The first-order chi connectivity index (χ1) is 15.4. The van der Waals surface area contributed by atoms with E-state index in [4.69, 9.17) is 4.74 Å². The van der Waals surface area contributed by atoms with Crippen molar-refractivity contribution in [3.05, 3.63) is 59.0 Å². The van der Waals surface area contributed by atoms with Gasteiger partial charge in [0.05, 0.1) is 19.6 Å². The van der Waals surface area contributed by atoms with Gasteiger partial charge in [-0.15, -0.1) is 11.3 Å². The number of benzene rings is 2. The monoisotopic (exact) mass is 472 g/mol. The topological polar surface area (TPSA) is 75.7 Å². The van der Waals surface area contributed by atoms with Crippen LogP contribution in [0.3, 0.4) is 0 Å². The smallest absolute Gasteiger partial charge is 0.252 e. The van der Waals surface area contributed by atoms with Gasteiger partial charge in [0.2, 0.25) is 5.91 Å². The zero-order valence-corrected chi connectivity index (χ0v) is 20.0. The minimum absolute atomic E-state index is 0.0910. The second-order valence-corrected chi connectivity index (χ2v) is 11.4. The van der Waals surface area contributed by atoms with Crippen molar-refractivity contribution in [1.29, 1.82) is 0 Å². The van der Waals surface area contributed by atoms with Crippen LogP contribution in [0.4, 0.5) is 0 Å². The first-order valence-corrected chi connectivity index (χ1v) is 13.1. The Morgan fingerprint density at radius 2 is 1.78 bits per heavy atom. The van der Waals surface area contributed by atoms with Crippen molar-refractivity contribution in [1.82, 2.24) is 9.62 Å². The minimum Gasteiger partial charge on any atom is -0.497 e. The van der Waals surface area contributed by atoms with Crippen LogP contribution < -0.4 is 10.1 Å². The van der Waals surface area contributed by atoms with Crippen molar-refractivity contribution < 1.29 is 17.9 Å². The van der Waals surface area contributed by atoms with Crippen LogP contribution in [0.25, 0.3) is 10.8 Å². The highest BCUT2D eigenvalue weighted by Crippen LogP contribution is 2.28. The lowest BCUT2D eigenvalue weighted by atomic mass is 9.97. The number of rotatable bonds is 7. The Hall–Kier alpha value is -2.42. The predicted molar refractivity (Wildman–Crippen MR) is 128 cm³/mol. The summed E-state index contributed by atoms with van der Waals surface area (Å²) in [6, 6.07) is 15.3. The number of nitrogens with zero attached hydrogens (tertiary/aromatic N) is 1. The molecule has 0 saturated carbocycles. The quantitative estimate of drug-likeness (QED) is 0.549. The van der Waals surface area contributed by atoms with E-state index in [0.717, 1.165) is 46.2 Å². The highest BCUT2D eigenvalue weighted by atomic mass is 32.2. The fourth-order valence-electron chi connectivity index (χ4n) is 3.94. The van der Waals surface area contributed by atoms with Gasteiger partial charge in [-0.1, -0.05) is 30.7 Å². The number of hydrogen-bond acceptors (Lipinski definition) is 5. The fourth-order valence-corrected chi connectivity index (χ4v) is 6.91. The first kappa shape index (κ1) is 22.8. The third kappa shape index (κ3) is 4.82. The van der Waals surface area contributed by atoms with Gasteiger partial charge in [0.25, 0.3) is 10.0 Å². The summed E-state index contributed by atoms with van der Waals surface area (Å²) < 4.78 is 32.8. The van der Waals surface area contributed by atoms with Crippen molar-refractivity contribution in [2.75, 3.05) is 20.2 Å². The fraction of sp³-hybridized carbons (Fsp3) is 0.375. The van der Waals surface area contributed by atoms with Crippen molar-refractivity contribution in [3.63, 3.8) is 0 Å². The SMILES string of the molecule is COc1ccc2cc([C@@H](C)C(=O)NCc3ccc(S(=O)(=O)N4CCCCC4)s3)ccc2c1. The van der Waals surface area contributed by atoms with Crippen LogP contribution in [0.5, 0.6) is 5.75 Å². The highest BCUT2D eigenvalue weighted by Gasteiger charge is 2.27. The molecule has 3 aromatic rings. The maximum absolute atomic E-state index is 12.8. The summed E-state index contributed by atoms with van der Waals surface area (Å²) in [5.74, 6) is 0.387. The molecule has 170 valence electrons. The number of hydrogen-bond donors (Lipinski definition) is 1. The molecule has 1 fully saturated rings. The molecule has 6 nitrogen and oxygen atoms in total. The molecule has 0 radical (unpaired) electrons. The lowest BCUT2D eigenvalue weighted by Gasteiger charge is -2.25. The van der Waals surface area contributed by atoms with Crippen molar-refractivity contribution in [3.8, 4) is 5.75 Å². The summed E-state index contributed by atoms with van der Waals surface area (Å²) in [6.07, 6.45) is 2.90. The van der Waals surface area contributed by atoms with Gasteiger partial charge in [-0.25, -0.2) is 8.42 Å². The van der Waals surface area contributed by atoms with E-state index in [2.05, 4.69) is 5.32 Å². The van der Waals surface area contributed by atoms with Gasteiger partial charge in [-0.2, -0.15) is 4.31 Å². The average Bonchev–Trinajstić information content (AvgIpc) is 3.32. The van der Waals surface area contributed by atoms with Gasteiger partial charge in [-0.05, 0) is 60.4 Å². The molecule has 2 aromatic carbocycles. The molecule has 1 atom stereocenters. The molecule has 2 heterocycles. The number of fused-ring (bicyclic) bond motifs is 1. The number of thiophene rings is 1. The largest absolute Gasteiger partial charge is 0.497 e. The molecular weight excluding hydrogens is 444 g/mol. The van der Waals surface area contributed by atoms with E-state index in [1.165, 1.54) is 11.3 Å². The molecule has 0 spiro atoms. The summed E-state index contributed by atoms with van der Waals surface area (Å²) in [6.45, 7) is 3.36. The molecule has 1 aliphatic heterocycles. The predicted octanol–water partition coefficient (Wildman–Crippen LogP) is 4.50. The lowest BCUT2D eigenvalue weighted by Crippen LogP contribution is -2.35. The summed E-state index contributed by atoms with van der Waals surface area (Å²) in [7, 11) is -1.79. The highest BCUT2D eigenvalue weighted by molar-refractivity contribution is 7.91. The number of sulfonamides is 1. The van der Waals surface area contributed by atoms with Crippen LogP contribution in [0, 0.1) is 0 Å². The van der Waals surface area contributed by atoms with Crippen LogP contribution >= 0.6 is 11.3 Å². The van der Waals surface area contributed by atoms with E-state index >= 15 is 0 Å². The zero-order valence-electron chi connectivity index (χ0n) is 18.3. The lowest BCUT2D eigenvalue weighted by molar-refractivity contribution is -0.122. The molecule has 1 amide bonds. The molecular formula is C24H28N2O4S2. The van der Waals surface area contributed by atoms with Crippen molar-refractivity contribution in [2.45, 2.75) is 42.9 Å². The number of nitrogens with one attached hydrogen (secondary N) is 1. The Bertz CT molecular complexity index is 1210. The van der Waals surface area contributed by atoms with Crippen molar-refractivity contribution >= 4 is 38.0 Å². The summed E-state index contributed by atoms with van der Waals surface area (Å²) in [5, 5.41) is 5.06. The first-order valence-electron chi connectivity index (χ1n) is 10.8. The number of amides is 1. The Kier molecular flexibility index (Phi) is 6.83. The Balaban J connectivity index is 1.40. The van der Waals surface area contributed by atoms with Gasteiger partial charge in [0.15, 0.2) is 0 Å². The molecule has 0 aliphatic carbocycles. The van der Waals surface area contributed by atoms with Crippen molar-refractivity contribution in [2.24, 2.45) is 0 Å². The van der Waals surface area contributed by atoms with E-state index in [9.17, 15) is 13.2 Å². The van der Waals surface area contributed by atoms with E-state index in [0.29, 0.717) is 23.8 Å². The van der Waals surface area contributed by atoms with Gasteiger partial charge >= 0.3 is 0 Å². The number of methoxy groups -OCH3 is 1. The third-order valence-corrected chi connectivity index (χ3v) is 9.40. The third-order valence-electron chi connectivity index (χ3n) is 5.95. The van der Waals surface area contributed by atoms with E-state index in [1.807, 2.05) is 43.3 Å². The van der Waals surface area contributed by atoms with Gasteiger partial charge in [-0.3, -0.25) is 4.79 Å². The standard InChI is InChI=1S/C24H28N2O4S2/c1-17(18-6-7-20-15-21(30-2)9-8-19(20)14-18)24(27)25-16-22-10-11-23(31-22)32(28,29)26-12-4-3-5-13-26/h6-11,14-15,17H,3-5,12-13,16H2,1-2H3,(H,25,27)/t17-/m1/s1. The summed E-state index contributed by atoms with van der Waals surface area (Å²) in [5.41, 5.74) is 0.930. The van der Waals surface area contributed by atoms with Gasteiger partial charge in [0, 0.05) is 18.0 Å². The number of piperidine rings is 1. The van der Waals surface area contributed by atoms with E-state index in [1.54, 1.807) is 23.5 Å². The van der Waals surface area contributed by atoms with E-state index < -0.39 is 10.0 Å². The van der Waals surface area contributed by atoms with Gasteiger partial charge in [0.1, 0.15) is 9.96 Å². The molecule has 1 saturated heterocycles. The molecule has 1 aromatic heterocycles. The zero-order chi connectivity index (χ0) is 22.7. The van der Waals surface area contributed by atoms with Crippen LogP contribution in [-0.2, 0) is 21.4 Å². The summed E-state index contributed by atoms with van der Waals surface area (Å²) in [4.78, 5) is 13.6. The Labute approximate surface area is 193 Å². The number of carbonyl (C=O) groups is 1. The number of carbonyl (C=O) groups excluding carboxylic acids is 1. The second kappa shape index (κ2) is 9.60. The van der Waals surface area contributed by atoms with Crippen LogP contribution in [0.2, 0.25) is 0 Å². The maximum atomic E-state index is 12.8. The Morgan fingerprint density at radius 3 is 2.53 bits per heavy atom. The average molecular weight is 473 g/mol. The Morgan fingerprint density at radius 1 is 1.06 bits per heavy atom. The molecule has 32 heavy (non-hydrogen) atoms.